The second-order valence-corrected chi connectivity index (χ2v) is 5.84. The number of rotatable bonds is 5. The summed E-state index contributed by atoms with van der Waals surface area (Å²) in [5.41, 5.74) is 0. The molecule has 15 heavy (non-hydrogen) atoms. The molecule has 0 radical (unpaired) electrons. The molecule has 3 rings (SSSR count). The first-order valence-corrected chi connectivity index (χ1v) is 6.69. The van der Waals surface area contributed by atoms with Crippen molar-refractivity contribution in [1.29, 1.82) is 0 Å². The van der Waals surface area contributed by atoms with Crippen molar-refractivity contribution in [3.8, 4) is 0 Å². The van der Waals surface area contributed by atoms with Crippen LogP contribution in [-0.2, 0) is 0 Å². The number of aromatic nitrogens is 2. The zero-order valence-corrected chi connectivity index (χ0v) is 9.96. The topological polar surface area (TPSA) is 29.0 Å². The average Bonchev–Trinajstić information content (AvgIpc) is 3.15. The molecule has 0 bridgehead atoms. The van der Waals surface area contributed by atoms with Crippen molar-refractivity contribution in [2.75, 3.05) is 18.5 Å². The minimum absolute atomic E-state index is 0.744. The van der Waals surface area contributed by atoms with Gasteiger partial charge in [-0.2, -0.15) is 0 Å². The van der Waals surface area contributed by atoms with Crippen molar-refractivity contribution < 1.29 is 0 Å². The molecule has 2 saturated carbocycles. The van der Waals surface area contributed by atoms with Crippen LogP contribution in [0.4, 0.5) is 5.13 Å². The normalized spacial score (nSPS) is 20.6. The first kappa shape index (κ1) is 9.58. The van der Waals surface area contributed by atoms with Crippen molar-refractivity contribution in [3.63, 3.8) is 0 Å². The Balaban J connectivity index is 1.57. The molecule has 0 atom stereocenters. The Morgan fingerprint density at radius 1 is 1.27 bits per heavy atom. The Kier molecular flexibility index (Phi) is 2.39. The van der Waals surface area contributed by atoms with Gasteiger partial charge in [0.15, 0.2) is 0 Å². The van der Waals surface area contributed by atoms with E-state index in [0.717, 1.165) is 23.5 Å². The monoisotopic (exact) mass is 223 g/mol. The number of hydrogen-bond donors (Lipinski definition) is 0. The summed E-state index contributed by atoms with van der Waals surface area (Å²) in [4.78, 5) is 2.27. The molecule has 0 amide bonds. The van der Waals surface area contributed by atoms with Crippen molar-refractivity contribution in [2.24, 2.45) is 5.92 Å². The molecular formula is C11H17N3S. The van der Waals surface area contributed by atoms with Gasteiger partial charge in [0.2, 0.25) is 5.13 Å². The van der Waals surface area contributed by atoms with Crippen molar-refractivity contribution >= 4 is 16.5 Å². The van der Waals surface area contributed by atoms with E-state index in [1.54, 1.807) is 11.3 Å². The van der Waals surface area contributed by atoms with E-state index in [1.807, 2.05) is 0 Å². The molecule has 2 fully saturated rings. The van der Waals surface area contributed by atoms with E-state index in [-0.39, 0.29) is 0 Å². The lowest BCUT2D eigenvalue weighted by Crippen LogP contribution is -2.18. The minimum atomic E-state index is 0.744. The zero-order chi connectivity index (χ0) is 10.3. The first-order valence-electron chi connectivity index (χ1n) is 5.87. The van der Waals surface area contributed by atoms with Crippen LogP contribution in [0.15, 0.2) is 0 Å². The minimum Gasteiger partial charge on any atom is -0.350 e. The van der Waals surface area contributed by atoms with Crippen LogP contribution in [0, 0.1) is 5.92 Å². The van der Waals surface area contributed by atoms with Gasteiger partial charge in [-0.15, -0.1) is 10.2 Å². The van der Waals surface area contributed by atoms with Crippen LogP contribution in [0.25, 0.3) is 0 Å². The van der Waals surface area contributed by atoms with Gasteiger partial charge in [0.25, 0.3) is 0 Å². The smallest absolute Gasteiger partial charge is 0.208 e. The van der Waals surface area contributed by atoms with Crippen LogP contribution >= 0.6 is 11.3 Å². The maximum Gasteiger partial charge on any atom is 0.208 e. The van der Waals surface area contributed by atoms with Crippen molar-refractivity contribution in [2.45, 2.75) is 38.0 Å². The third kappa shape index (κ3) is 2.30. The van der Waals surface area contributed by atoms with E-state index in [0.29, 0.717) is 0 Å². The molecule has 4 heteroatoms. The van der Waals surface area contributed by atoms with Gasteiger partial charge in [-0.25, -0.2) is 0 Å². The van der Waals surface area contributed by atoms with Crippen LogP contribution in [0.3, 0.4) is 0 Å². The third-order valence-electron chi connectivity index (χ3n) is 3.25. The standard InChI is InChI=1S/C11H17N3S/c1-14(7-6-8-2-3-8)11-13-12-10(15-11)9-4-5-9/h8-9H,2-7H2,1H3. The van der Waals surface area contributed by atoms with Gasteiger partial charge in [0.1, 0.15) is 5.01 Å². The lowest BCUT2D eigenvalue weighted by Gasteiger charge is -2.13. The van der Waals surface area contributed by atoms with Gasteiger partial charge in [-0.05, 0) is 25.2 Å². The Morgan fingerprint density at radius 2 is 2.07 bits per heavy atom. The molecular weight excluding hydrogens is 206 g/mol. The predicted octanol–water partition coefficient (Wildman–Crippen LogP) is 2.65. The highest BCUT2D eigenvalue weighted by atomic mass is 32.1. The molecule has 1 aromatic rings. The summed E-state index contributed by atoms with van der Waals surface area (Å²) in [6.07, 6.45) is 6.85. The van der Waals surface area contributed by atoms with E-state index < -0.39 is 0 Å². The summed E-state index contributed by atoms with van der Waals surface area (Å²) in [7, 11) is 2.14. The molecule has 82 valence electrons. The van der Waals surface area contributed by atoms with Crippen LogP contribution in [-0.4, -0.2) is 23.8 Å². The Morgan fingerprint density at radius 3 is 2.73 bits per heavy atom. The Bertz CT molecular complexity index is 341. The van der Waals surface area contributed by atoms with Crippen LogP contribution in [0.1, 0.15) is 43.0 Å². The predicted molar refractivity (Wildman–Crippen MR) is 62.5 cm³/mol. The third-order valence-corrected chi connectivity index (χ3v) is 4.45. The van der Waals surface area contributed by atoms with E-state index >= 15 is 0 Å². The number of anilines is 1. The lowest BCUT2D eigenvalue weighted by molar-refractivity contribution is 0.707. The Hall–Kier alpha value is -0.640. The highest BCUT2D eigenvalue weighted by molar-refractivity contribution is 7.15. The second-order valence-electron chi connectivity index (χ2n) is 4.85. The molecule has 1 heterocycles. The fraction of sp³-hybridized carbons (Fsp3) is 0.818. The first-order chi connectivity index (χ1) is 7.33. The molecule has 2 aliphatic carbocycles. The molecule has 0 unspecified atom stereocenters. The summed E-state index contributed by atoms with van der Waals surface area (Å²) < 4.78 is 0. The molecule has 0 aliphatic heterocycles. The number of hydrogen-bond acceptors (Lipinski definition) is 4. The van der Waals surface area contributed by atoms with E-state index in [2.05, 4.69) is 22.1 Å². The zero-order valence-electron chi connectivity index (χ0n) is 9.15. The highest BCUT2D eigenvalue weighted by Gasteiger charge is 2.28. The second kappa shape index (κ2) is 3.74. The fourth-order valence-electron chi connectivity index (χ4n) is 1.75. The Labute approximate surface area is 94.5 Å². The van der Waals surface area contributed by atoms with Gasteiger partial charge in [0, 0.05) is 19.5 Å². The molecule has 0 aromatic carbocycles. The summed E-state index contributed by atoms with van der Waals surface area (Å²) >= 11 is 1.79. The molecule has 0 spiro atoms. The summed E-state index contributed by atoms with van der Waals surface area (Å²) in [5.74, 6) is 1.75. The van der Waals surface area contributed by atoms with Gasteiger partial charge in [-0.1, -0.05) is 24.2 Å². The van der Waals surface area contributed by atoms with E-state index in [4.69, 9.17) is 0 Å². The molecule has 3 nitrogen and oxygen atoms in total. The highest BCUT2D eigenvalue weighted by Crippen LogP contribution is 2.42. The molecule has 0 N–H and O–H groups in total. The molecule has 1 aromatic heterocycles. The SMILES string of the molecule is CN(CCC1CC1)c1nnc(C2CC2)s1. The van der Waals surface area contributed by atoms with Crippen LogP contribution < -0.4 is 4.90 Å². The van der Waals surface area contributed by atoms with Crippen LogP contribution in [0.2, 0.25) is 0 Å². The van der Waals surface area contributed by atoms with Crippen molar-refractivity contribution in [3.05, 3.63) is 5.01 Å². The fourth-order valence-corrected chi connectivity index (χ4v) is 2.75. The van der Waals surface area contributed by atoms with Gasteiger partial charge in [-0.3, -0.25) is 0 Å². The summed E-state index contributed by atoms with van der Waals surface area (Å²) in [5, 5.41) is 10.9. The number of nitrogens with zero attached hydrogens (tertiary/aromatic N) is 3. The maximum absolute atomic E-state index is 4.27. The molecule has 0 saturated heterocycles. The van der Waals surface area contributed by atoms with Crippen molar-refractivity contribution in [1.82, 2.24) is 10.2 Å². The lowest BCUT2D eigenvalue weighted by atomic mass is 10.3. The summed E-state index contributed by atoms with van der Waals surface area (Å²) in [6.45, 7) is 1.14. The maximum atomic E-state index is 4.27. The average molecular weight is 223 g/mol. The van der Waals surface area contributed by atoms with E-state index in [1.165, 1.54) is 37.1 Å². The van der Waals surface area contributed by atoms with E-state index in [9.17, 15) is 0 Å². The quantitative estimate of drug-likeness (QED) is 0.768. The largest absolute Gasteiger partial charge is 0.350 e. The molecule has 2 aliphatic rings. The van der Waals surface area contributed by atoms with Crippen LogP contribution in [0.5, 0.6) is 0 Å². The van der Waals surface area contributed by atoms with Gasteiger partial charge >= 0.3 is 0 Å². The van der Waals surface area contributed by atoms with Gasteiger partial charge in [0.05, 0.1) is 0 Å². The van der Waals surface area contributed by atoms with Gasteiger partial charge < -0.3 is 4.90 Å². The summed E-state index contributed by atoms with van der Waals surface area (Å²) in [6, 6.07) is 0.